The number of hydrogen-bond acceptors (Lipinski definition) is 15. The third-order valence-corrected chi connectivity index (χ3v) is 19.4. The van der Waals surface area contributed by atoms with E-state index in [9.17, 15) is 43.2 Å². The highest BCUT2D eigenvalue weighted by atomic mass is 31.2. The summed E-state index contributed by atoms with van der Waals surface area (Å²) in [5.74, 6) is -0.689. The normalized spacial score (nSPS) is 14.0. The van der Waals surface area contributed by atoms with Gasteiger partial charge in [0.05, 0.1) is 26.4 Å². The molecule has 0 saturated carbocycles. The number of carbonyl (C=O) groups excluding carboxylic acids is 4. The maximum Gasteiger partial charge on any atom is 0.472 e. The lowest BCUT2D eigenvalue weighted by Crippen LogP contribution is -2.30. The highest BCUT2D eigenvalue weighted by Crippen LogP contribution is 2.45. The van der Waals surface area contributed by atoms with Crippen LogP contribution in [0.3, 0.4) is 0 Å². The van der Waals surface area contributed by atoms with Crippen molar-refractivity contribution in [2.75, 3.05) is 39.6 Å². The van der Waals surface area contributed by atoms with Gasteiger partial charge in [-0.2, -0.15) is 0 Å². The third-order valence-electron chi connectivity index (χ3n) is 17.5. The molecule has 0 aromatic carbocycles. The fourth-order valence-electron chi connectivity index (χ4n) is 11.5. The Morgan fingerprint density at radius 3 is 0.723 bits per heavy atom. The molecule has 0 aliphatic carbocycles. The van der Waals surface area contributed by atoms with Crippen LogP contribution in [-0.2, 0) is 65.4 Å². The molecule has 0 aliphatic heterocycles. The monoisotopic (exact) mass is 1380 g/mol. The van der Waals surface area contributed by atoms with Crippen molar-refractivity contribution in [3.8, 4) is 0 Å². The van der Waals surface area contributed by atoms with Crippen LogP contribution in [0, 0.1) is 11.8 Å². The molecule has 94 heavy (non-hydrogen) atoms. The van der Waals surface area contributed by atoms with Crippen LogP contribution >= 0.6 is 15.6 Å². The van der Waals surface area contributed by atoms with Crippen molar-refractivity contribution in [2.45, 2.75) is 407 Å². The molecule has 0 aliphatic rings. The van der Waals surface area contributed by atoms with Gasteiger partial charge in [0.25, 0.3) is 0 Å². The summed E-state index contributed by atoms with van der Waals surface area (Å²) in [6.45, 7) is 9.48. The summed E-state index contributed by atoms with van der Waals surface area (Å²) in [6.07, 6.45) is 54.4. The highest BCUT2D eigenvalue weighted by molar-refractivity contribution is 7.47. The van der Waals surface area contributed by atoms with E-state index in [1.807, 2.05) is 0 Å². The van der Waals surface area contributed by atoms with E-state index in [-0.39, 0.29) is 25.7 Å². The van der Waals surface area contributed by atoms with Gasteiger partial charge in [0.2, 0.25) is 0 Å². The summed E-state index contributed by atoms with van der Waals surface area (Å²) >= 11 is 0. The van der Waals surface area contributed by atoms with Crippen molar-refractivity contribution in [3.63, 3.8) is 0 Å². The first kappa shape index (κ1) is 92.1. The largest absolute Gasteiger partial charge is 0.472 e. The molecule has 0 heterocycles. The van der Waals surface area contributed by atoms with Gasteiger partial charge in [0.15, 0.2) is 12.2 Å². The van der Waals surface area contributed by atoms with Crippen molar-refractivity contribution in [1.82, 2.24) is 0 Å². The SMILES string of the molecule is CCCCCCCCCCCCCCCCCCCCCCCCC(=O)O[C@H](COC(=O)CCCCCCCCCCC(C)C)COP(=O)(O)OC[C@@H](O)COP(=O)(O)OC[C@@H](COC(=O)CCCCCCCCCC(C)C)OC(=O)CCCCCCCCCCCCC. The zero-order valence-electron chi connectivity index (χ0n) is 61.3. The molecule has 558 valence electrons. The van der Waals surface area contributed by atoms with E-state index in [0.29, 0.717) is 31.6 Å². The number of hydrogen-bond donors (Lipinski definition) is 3. The number of phosphoric acid groups is 2. The highest BCUT2D eigenvalue weighted by Gasteiger charge is 2.30. The average molecular weight is 1380 g/mol. The summed E-state index contributed by atoms with van der Waals surface area (Å²) in [5.41, 5.74) is 0. The zero-order valence-corrected chi connectivity index (χ0v) is 63.1. The minimum Gasteiger partial charge on any atom is -0.462 e. The topological polar surface area (TPSA) is 237 Å². The van der Waals surface area contributed by atoms with Crippen molar-refractivity contribution < 1.29 is 80.2 Å². The molecule has 5 atom stereocenters. The molecule has 0 amide bonds. The first-order valence-electron chi connectivity index (χ1n) is 39.0. The smallest absolute Gasteiger partial charge is 0.462 e. The first-order valence-corrected chi connectivity index (χ1v) is 42.0. The van der Waals surface area contributed by atoms with Crippen molar-refractivity contribution in [2.24, 2.45) is 11.8 Å². The van der Waals surface area contributed by atoms with Crippen molar-refractivity contribution in [3.05, 3.63) is 0 Å². The minimum atomic E-state index is -4.95. The van der Waals surface area contributed by atoms with Crippen LogP contribution in [0.25, 0.3) is 0 Å². The van der Waals surface area contributed by atoms with E-state index in [1.165, 1.54) is 199 Å². The summed E-state index contributed by atoms with van der Waals surface area (Å²) in [6, 6.07) is 0. The Hall–Kier alpha value is -1.94. The Bertz CT molecular complexity index is 1820. The van der Waals surface area contributed by atoms with E-state index >= 15 is 0 Å². The fourth-order valence-corrected chi connectivity index (χ4v) is 13.1. The van der Waals surface area contributed by atoms with Gasteiger partial charge in [-0.25, -0.2) is 9.13 Å². The summed E-state index contributed by atoms with van der Waals surface area (Å²) in [5, 5.41) is 10.6. The average Bonchev–Trinajstić information content (AvgIpc) is 1.23. The van der Waals surface area contributed by atoms with Crippen LogP contribution in [0.2, 0.25) is 0 Å². The van der Waals surface area contributed by atoms with E-state index in [0.717, 1.165) is 102 Å². The van der Waals surface area contributed by atoms with Crippen LogP contribution in [0.1, 0.15) is 388 Å². The molecule has 2 unspecified atom stereocenters. The molecule has 0 rings (SSSR count). The van der Waals surface area contributed by atoms with Gasteiger partial charge in [0.1, 0.15) is 19.3 Å². The second-order valence-electron chi connectivity index (χ2n) is 28.0. The van der Waals surface area contributed by atoms with Crippen LogP contribution < -0.4 is 0 Å². The molecule has 0 fully saturated rings. The number of rotatable bonds is 74. The lowest BCUT2D eigenvalue weighted by Gasteiger charge is -2.21. The lowest BCUT2D eigenvalue weighted by molar-refractivity contribution is -0.161. The van der Waals surface area contributed by atoms with Crippen molar-refractivity contribution >= 4 is 39.5 Å². The minimum absolute atomic E-state index is 0.106. The number of aliphatic hydroxyl groups excluding tert-OH is 1. The maximum absolute atomic E-state index is 13.1. The van der Waals surface area contributed by atoms with Gasteiger partial charge in [-0.15, -0.1) is 0 Å². The number of esters is 4. The van der Waals surface area contributed by atoms with Gasteiger partial charge in [-0.05, 0) is 37.5 Å². The van der Waals surface area contributed by atoms with Gasteiger partial charge < -0.3 is 33.8 Å². The molecule has 19 heteroatoms. The molecule has 0 aromatic rings. The Kier molecular flexibility index (Phi) is 65.5. The van der Waals surface area contributed by atoms with E-state index in [1.54, 1.807) is 0 Å². The number of phosphoric ester groups is 2. The Morgan fingerprint density at radius 2 is 0.489 bits per heavy atom. The van der Waals surface area contributed by atoms with E-state index in [2.05, 4.69) is 41.5 Å². The van der Waals surface area contributed by atoms with Crippen LogP contribution in [-0.4, -0.2) is 96.7 Å². The van der Waals surface area contributed by atoms with Crippen LogP contribution in [0.4, 0.5) is 0 Å². The first-order chi connectivity index (χ1) is 45.4. The molecule has 0 aromatic heterocycles. The second-order valence-corrected chi connectivity index (χ2v) is 30.9. The summed E-state index contributed by atoms with van der Waals surface area (Å²) in [4.78, 5) is 72.6. The zero-order chi connectivity index (χ0) is 69.3. The number of aliphatic hydroxyl groups is 1. The Morgan fingerprint density at radius 1 is 0.287 bits per heavy atom. The molecular weight excluding hydrogens is 1230 g/mol. The Balaban J connectivity index is 5.15. The molecule has 0 saturated heterocycles. The molecule has 3 N–H and O–H groups in total. The summed E-state index contributed by atoms with van der Waals surface area (Å²) < 4.78 is 68.4. The molecular formula is C75H146O17P2. The van der Waals surface area contributed by atoms with E-state index < -0.39 is 97.5 Å². The number of carbonyl (C=O) groups is 4. The van der Waals surface area contributed by atoms with Gasteiger partial charge in [-0.3, -0.25) is 37.3 Å². The number of ether oxygens (including phenoxy) is 4. The molecule has 0 bridgehead atoms. The molecule has 17 nitrogen and oxygen atoms in total. The second kappa shape index (κ2) is 66.9. The van der Waals surface area contributed by atoms with Crippen LogP contribution in [0.15, 0.2) is 0 Å². The van der Waals surface area contributed by atoms with E-state index in [4.69, 9.17) is 37.0 Å². The van der Waals surface area contributed by atoms with Gasteiger partial charge >= 0.3 is 39.5 Å². The molecule has 0 radical (unpaired) electrons. The fraction of sp³-hybridized carbons (Fsp3) is 0.947. The predicted octanol–water partition coefficient (Wildman–Crippen LogP) is 21.9. The molecule has 0 spiro atoms. The van der Waals surface area contributed by atoms with Crippen LogP contribution in [0.5, 0.6) is 0 Å². The van der Waals surface area contributed by atoms with Gasteiger partial charge in [0, 0.05) is 25.7 Å². The summed E-state index contributed by atoms with van der Waals surface area (Å²) in [7, 11) is -9.91. The lowest BCUT2D eigenvalue weighted by atomic mass is 10.0. The quantitative estimate of drug-likeness (QED) is 0.0222. The predicted molar refractivity (Wildman–Crippen MR) is 381 cm³/mol. The standard InChI is InChI=1S/C75H146O17P2/c1-7-9-11-13-15-17-19-20-21-22-23-24-25-26-27-28-29-31-33-41-48-54-60-75(80)91-70(63-85-72(77)57-51-45-39-35-34-37-43-49-55-67(3)4)65-89-93(81,82)87-61-69(76)62-88-94(83,84)90-66-71(64-86-73(78)58-52-46-42-36-38-44-50-56-68(5)6)92-74(79)59-53-47-40-32-30-18-16-14-12-10-8-2/h67-71,76H,7-66H2,1-6H3,(H,81,82)(H,83,84)/t69-,70-,71-/m1/s1. The van der Waals surface area contributed by atoms with Crippen molar-refractivity contribution in [1.29, 1.82) is 0 Å². The third kappa shape index (κ3) is 68.6. The number of unbranched alkanes of at least 4 members (excludes halogenated alkanes) is 44. The van der Waals surface area contributed by atoms with Gasteiger partial charge in [-0.1, -0.05) is 337 Å². The maximum atomic E-state index is 13.1. The Labute approximate surface area is 575 Å².